The maximum atomic E-state index is 8.63. The Hall–Kier alpha value is -1.10. The molecule has 1 aromatic rings. The number of hydrogen-bond donors (Lipinski definition) is 2. The van der Waals surface area contributed by atoms with Gasteiger partial charge >= 0.3 is 0 Å². The highest BCUT2D eigenvalue weighted by molar-refractivity contribution is 5.18. The summed E-state index contributed by atoms with van der Waals surface area (Å²) in [5.74, 6) is 0.322. The molecule has 0 spiro atoms. The van der Waals surface area contributed by atoms with Crippen molar-refractivity contribution in [3.63, 3.8) is 0 Å². The Balaban J connectivity index is 0.000000351. The van der Waals surface area contributed by atoms with Gasteiger partial charge in [0.25, 0.3) is 0 Å². The lowest BCUT2D eigenvalue weighted by atomic mass is 10.3. The lowest BCUT2D eigenvalue weighted by Gasteiger charge is -2.02. The number of hydrogen-bond acceptors (Lipinski definition) is 4. The van der Waals surface area contributed by atoms with E-state index in [-0.39, 0.29) is 6.61 Å². The van der Waals surface area contributed by atoms with Gasteiger partial charge in [-0.25, -0.2) is 0 Å². The molecule has 0 unspecified atom stereocenters. The lowest BCUT2D eigenvalue weighted by Crippen LogP contribution is -2.07. The number of para-hydroxylation sites is 1. The molecule has 1 rings (SSSR count). The second-order valence-electron chi connectivity index (χ2n) is 3.64. The monoisotopic (exact) mass is 256 g/mol. The average molecular weight is 256 g/mol. The molecule has 0 atom stereocenters. The normalized spacial score (nSPS) is 9.67. The Morgan fingerprint density at radius 1 is 0.944 bits per heavy atom. The predicted octanol–water partition coefficient (Wildman–Crippen LogP) is 2.20. The summed E-state index contributed by atoms with van der Waals surface area (Å²) >= 11 is 0. The Bertz CT molecular complexity index is 243. The molecular weight excluding hydrogens is 232 g/mol. The number of phenols is 1. The molecule has 4 heteroatoms. The highest BCUT2D eigenvalue weighted by atomic mass is 16.5. The van der Waals surface area contributed by atoms with Gasteiger partial charge in [0.2, 0.25) is 0 Å². The number of rotatable bonds is 8. The van der Waals surface area contributed by atoms with Gasteiger partial charge in [-0.05, 0) is 18.6 Å². The summed E-state index contributed by atoms with van der Waals surface area (Å²) in [7, 11) is 0. The first-order valence-corrected chi connectivity index (χ1v) is 6.31. The molecule has 0 radical (unpaired) electrons. The van der Waals surface area contributed by atoms with Crippen LogP contribution in [0.1, 0.15) is 19.8 Å². The van der Waals surface area contributed by atoms with Crippen LogP contribution < -0.4 is 0 Å². The number of aromatic hydroxyl groups is 1. The molecule has 0 aliphatic rings. The standard InChI is InChI=1S/C8H18O3.C6H6O/c1-2-3-5-10-7-8-11-6-4-9;7-6-4-2-1-3-5-6/h9H,2-8H2,1H3;1-5,7H. The number of ether oxygens (including phenoxy) is 2. The lowest BCUT2D eigenvalue weighted by molar-refractivity contribution is 0.0324. The average Bonchev–Trinajstić information content (AvgIpc) is 2.39. The van der Waals surface area contributed by atoms with Crippen molar-refractivity contribution in [2.45, 2.75) is 19.8 Å². The van der Waals surface area contributed by atoms with Crippen LogP contribution in [0.15, 0.2) is 30.3 Å². The summed E-state index contributed by atoms with van der Waals surface area (Å²) in [6, 6.07) is 8.71. The molecule has 0 fully saturated rings. The fourth-order valence-corrected chi connectivity index (χ4v) is 1.06. The third-order valence-corrected chi connectivity index (χ3v) is 2.01. The Kier molecular flexibility index (Phi) is 13.1. The maximum absolute atomic E-state index is 8.63. The molecule has 0 aromatic heterocycles. The molecule has 4 nitrogen and oxygen atoms in total. The Morgan fingerprint density at radius 2 is 1.56 bits per heavy atom. The minimum atomic E-state index is 0.0922. The molecule has 0 aliphatic heterocycles. The van der Waals surface area contributed by atoms with Crippen molar-refractivity contribution in [1.29, 1.82) is 0 Å². The van der Waals surface area contributed by atoms with Crippen LogP contribution in [0.4, 0.5) is 0 Å². The SMILES string of the molecule is CCCCOCCOCCO.Oc1ccccc1. The topological polar surface area (TPSA) is 58.9 Å². The van der Waals surface area contributed by atoms with Crippen molar-refractivity contribution in [3.05, 3.63) is 30.3 Å². The van der Waals surface area contributed by atoms with Crippen LogP contribution in [0.2, 0.25) is 0 Å². The number of unbranched alkanes of at least 4 members (excludes halogenated alkanes) is 1. The van der Waals surface area contributed by atoms with Crippen LogP contribution in [0.5, 0.6) is 5.75 Å². The largest absolute Gasteiger partial charge is 0.508 e. The molecule has 104 valence electrons. The van der Waals surface area contributed by atoms with E-state index in [9.17, 15) is 0 Å². The van der Waals surface area contributed by atoms with Crippen LogP contribution in [0.25, 0.3) is 0 Å². The summed E-state index contributed by atoms with van der Waals surface area (Å²) in [6.07, 6.45) is 2.28. The van der Waals surface area contributed by atoms with Gasteiger partial charge in [-0.1, -0.05) is 31.5 Å². The van der Waals surface area contributed by atoms with Crippen molar-refractivity contribution in [3.8, 4) is 5.75 Å². The minimum Gasteiger partial charge on any atom is -0.508 e. The first kappa shape index (κ1) is 16.9. The molecule has 18 heavy (non-hydrogen) atoms. The molecular formula is C14H24O4. The second-order valence-corrected chi connectivity index (χ2v) is 3.64. The van der Waals surface area contributed by atoms with Gasteiger partial charge in [0.05, 0.1) is 26.4 Å². The van der Waals surface area contributed by atoms with E-state index in [1.54, 1.807) is 24.3 Å². The van der Waals surface area contributed by atoms with Crippen molar-refractivity contribution in [2.75, 3.05) is 33.0 Å². The van der Waals surface area contributed by atoms with E-state index in [4.69, 9.17) is 19.7 Å². The van der Waals surface area contributed by atoms with Crippen molar-refractivity contribution in [2.24, 2.45) is 0 Å². The van der Waals surface area contributed by atoms with Crippen LogP contribution in [0.3, 0.4) is 0 Å². The maximum Gasteiger partial charge on any atom is 0.115 e. The van der Waals surface area contributed by atoms with Crippen LogP contribution in [0, 0.1) is 0 Å². The Morgan fingerprint density at radius 3 is 2.00 bits per heavy atom. The smallest absolute Gasteiger partial charge is 0.115 e. The van der Waals surface area contributed by atoms with E-state index < -0.39 is 0 Å². The van der Waals surface area contributed by atoms with Gasteiger partial charge in [0.15, 0.2) is 0 Å². The second kappa shape index (κ2) is 14.0. The summed E-state index contributed by atoms with van der Waals surface area (Å²) in [5.41, 5.74) is 0. The highest BCUT2D eigenvalue weighted by Gasteiger charge is 1.87. The summed E-state index contributed by atoms with van der Waals surface area (Å²) < 4.78 is 10.2. The fraction of sp³-hybridized carbons (Fsp3) is 0.571. The quantitative estimate of drug-likeness (QED) is 0.700. The molecule has 0 aliphatic carbocycles. The van der Waals surface area contributed by atoms with Crippen LogP contribution >= 0.6 is 0 Å². The highest BCUT2D eigenvalue weighted by Crippen LogP contribution is 2.02. The van der Waals surface area contributed by atoms with Crippen LogP contribution in [-0.4, -0.2) is 43.2 Å². The third kappa shape index (κ3) is 13.0. The zero-order chi connectivity index (χ0) is 13.5. The first-order chi connectivity index (χ1) is 8.81. The minimum absolute atomic E-state index is 0.0922. The van der Waals surface area contributed by atoms with Gasteiger partial charge in [-0.15, -0.1) is 0 Å². The summed E-state index contributed by atoms with van der Waals surface area (Å²) in [4.78, 5) is 0. The van der Waals surface area contributed by atoms with Gasteiger partial charge in [-0.2, -0.15) is 0 Å². The molecule has 0 amide bonds. The van der Waals surface area contributed by atoms with E-state index in [0.717, 1.165) is 19.4 Å². The Labute approximate surface area is 109 Å². The van der Waals surface area contributed by atoms with Crippen molar-refractivity contribution < 1.29 is 19.7 Å². The van der Waals surface area contributed by atoms with Gasteiger partial charge in [0, 0.05) is 6.61 Å². The number of aliphatic hydroxyl groups is 1. The van der Waals surface area contributed by atoms with Crippen LogP contribution in [-0.2, 0) is 9.47 Å². The number of aliphatic hydroxyl groups excluding tert-OH is 1. The molecule has 2 N–H and O–H groups in total. The van der Waals surface area contributed by atoms with E-state index in [1.807, 2.05) is 6.07 Å². The molecule has 0 saturated heterocycles. The summed E-state index contributed by atoms with van der Waals surface area (Å²) in [6.45, 7) is 4.68. The van der Waals surface area contributed by atoms with Crippen molar-refractivity contribution >= 4 is 0 Å². The van der Waals surface area contributed by atoms with E-state index in [0.29, 0.717) is 25.6 Å². The van der Waals surface area contributed by atoms with Gasteiger partial charge in [-0.3, -0.25) is 0 Å². The van der Waals surface area contributed by atoms with E-state index >= 15 is 0 Å². The molecule has 1 aromatic carbocycles. The van der Waals surface area contributed by atoms with Crippen molar-refractivity contribution in [1.82, 2.24) is 0 Å². The summed E-state index contributed by atoms with van der Waals surface area (Å²) in [5, 5.41) is 17.0. The van der Waals surface area contributed by atoms with Gasteiger partial charge < -0.3 is 19.7 Å². The third-order valence-electron chi connectivity index (χ3n) is 2.01. The zero-order valence-corrected chi connectivity index (χ0v) is 11.0. The zero-order valence-electron chi connectivity index (χ0n) is 11.0. The predicted molar refractivity (Wildman–Crippen MR) is 71.7 cm³/mol. The molecule has 0 bridgehead atoms. The van der Waals surface area contributed by atoms with E-state index in [1.165, 1.54) is 0 Å². The van der Waals surface area contributed by atoms with Gasteiger partial charge in [0.1, 0.15) is 5.75 Å². The molecule has 0 saturated carbocycles. The molecule has 0 heterocycles. The number of benzene rings is 1. The fourth-order valence-electron chi connectivity index (χ4n) is 1.06. The number of phenolic OH excluding ortho intramolecular Hbond substituents is 1. The first-order valence-electron chi connectivity index (χ1n) is 6.31. The van der Waals surface area contributed by atoms with E-state index in [2.05, 4.69) is 6.92 Å².